The molecule has 0 aliphatic heterocycles. The topological polar surface area (TPSA) is 71.2 Å². The van der Waals surface area contributed by atoms with Gasteiger partial charge in [0, 0.05) is 6.42 Å². The summed E-state index contributed by atoms with van der Waals surface area (Å²) in [5.74, 6) is 1.24. The zero-order chi connectivity index (χ0) is 9.52. The summed E-state index contributed by atoms with van der Waals surface area (Å²) < 4.78 is 4.89. The molecule has 0 bridgehead atoms. The monoisotopic (exact) mass is 185 g/mol. The van der Waals surface area contributed by atoms with E-state index < -0.39 is 0 Å². The van der Waals surface area contributed by atoms with E-state index in [0.29, 0.717) is 12.3 Å². The van der Waals surface area contributed by atoms with Crippen molar-refractivity contribution in [1.82, 2.24) is 15.5 Å². The van der Waals surface area contributed by atoms with E-state index in [9.17, 15) is 0 Å². The maximum atomic E-state index is 8.61. The van der Waals surface area contributed by atoms with Gasteiger partial charge in [0.15, 0.2) is 5.82 Å². The number of aliphatic hydroxyl groups is 1. The molecule has 0 unspecified atom stereocenters. The Morgan fingerprint density at radius 1 is 1.46 bits per heavy atom. The lowest BCUT2D eigenvalue weighted by atomic mass is 10.3. The van der Waals surface area contributed by atoms with Crippen LogP contribution < -0.4 is 5.32 Å². The zero-order valence-corrected chi connectivity index (χ0v) is 7.79. The number of aliphatic hydroxyl groups excluding tert-OH is 1. The predicted molar refractivity (Wildman–Crippen MR) is 47.3 cm³/mol. The molecule has 0 aliphatic carbocycles. The summed E-state index contributed by atoms with van der Waals surface area (Å²) in [6, 6.07) is 0. The van der Waals surface area contributed by atoms with E-state index in [1.165, 1.54) is 0 Å². The highest BCUT2D eigenvalue weighted by Crippen LogP contribution is 2.00. The van der Waals surface area contributed by atoms with Gasteiger partial charge in [-0.3, -0.25) is 0 Å². The molecule has 74 valence electrons. The van der Waals surface area contributed by atoms with E-state index in [-0.39, 0.29) is 6.61 Å². The minimum Gasteiger partial charge on any atom is -0.396 e. The lowest BCUT2D eigenvalue weighted by Crippen LogP contribution is -2.08. The highest BCUT2D eigenvalue weighted by molar-refractivity contribution is 4.86. The van der Waals surface area contributed by atoms with Gasteiger partial charge < -0.3 is 14.9 Å². The molecule has 0 amide bonds. The Hall–Kier alpha value is -0.940. The first-order valence-corrected chi connectivity index (χ1v) is 4.43. The van der Waals surface area contributed by atoms with E-state index >= 15 is 0 Å². The van der Waals surface area contributed by atoms with Gasteiger partial charge in [0.2, 0.25) is 5.89 Å². The Kier molecular flexibility index (Phi) is 4.42. The quantitative estimate of drug-likeness (QED) is 0.598. The van der Waals surface area contributed by atoms with Crippen molar-refractivity contribution >= 4 is 0 Å². The molecule has 0 atom stereocenters. The Labute approximate surface area is 77.2 Å². The van der Waals surface area contributed by atoms with Gasteiger partial charge in [-0.05, 0) is 20.0 Å². The fourth-order valence-electron chi connectivity index (χ4n) is 1.01. The summed E-state index contributed by atoms with van der Waals surface area (Å²) in [6.45, 7) is 1.00. The first-order chi connectivity index (χ1) is 6.36. The average molecular weight is 185 g/mol. The molecular formula is C8H15N3O2. The van der Waals surface area contributed by atoms with E-state index in [1.807, 2.05) is 7.05 Å². The molecule has 1 aromatic rings. The lowest BCUT2D eigenvalue weighted by Gasteiger charge is -1.93. The number of aryl methyl sites for hydroxylation is 1. The third kappa shape index (κ3) is 3.52. The molecule has 1 heterocycles. The molecule has 0 fully saturated rings. The van der Waals surface area contributed by atoms with Gasteiger partial charge in [0.25, 0.3) is 0 Å². The van der Waals surface area contributed by atoms with Gasteiger partial charge in [0.1, 0.15) is 0 Å². The molecule has 0 radical (unpaired) electrons. The molecule has 0 aromatic carbocycles. The second kappa shape index (κ2) is 5.66. The van der Waals surface area contributed by atoms with Crippen LogP contribution >= 0.6 is 0 Å². The van der Waals surface area contributed by atoms with Crippen molar-refractivity contribution in [2.24, 2.45) is 0 Å². The maximum Gasteiger partial charge on any atom is 0.228 e. The highest BCUT2D eigenvalue weighted by atomic mass is 16.5. The average Bonchev–Trinajstić information content (AvgIpc) is 2.54. The zero-order valence-electron chi connectivity index (χ0n) is 7.79. The van der Waals surface area contributed by atoms with E-state index in [2.05, 4.69) is 15.5 Å². The number of aromatic nitrogens is 2. The number of rotatable bonds is 6. The minimum atomic E-state index is 0.0537. The van der Waals surface area contributed by atoms with Crippen molar-refractivity contribution < 1.29 is 9.63 Å². The van der Waals surface area contributed by atoms with Gasteiger partial charge in [0.05, 0.1) is 13.0 Å². The van der Waals surface area contributed by atoms with Crippen LogP contribution in [0.15, 0.2) is 4.52 Å². The minimum absolute atomic E-state index is 0.0537. The number of nitrogens with one attached hydrogen (secondary N) is 1. The van der Waals surface area contributed by atoms with Gasteiger partial charge in [-0.2, -0.15) is 4.98 Å². The van der Waals surface area contributed by atoms with Gasteiger partial charge in [-0.25, -0.2) is 0 Å². The Morgan fingerprint density at radius 2 is 2.31 bits per heavy atom. The van der Waals surface area contributed by atoms with Crippen molar-refractivity contribution in [2.45, 2.75) is 19.3 Å². The van der Waals surface area contributed by atoms with Crippen LogP contribution in [-0.2, 0) is 12.8 Å². The maximum absolute atomic E-state index is 8.61. The molecule has 1 rings (SSSR count). The van der Waals surface area contributed by atoms with E-state index in [4.69, 9.17) is 9.63 Å². The van der Waals surface area contributed by atoms with Crippen LogP contribution in [0.5, 0.6) is 0 Å². The molecule has 13 heavy (non-hydrogen) atoms. The van der Waals surface area contributed by atoms with Crippen molar-refractivity contribution in [2.75, 3.05) is 20.2 Å². The van der Waals surface area contributed by atoms with Crippen molar-refractivity contribution in [3.05, 3.63) is 11.7 Å². The van der Waals surface area contributed by atoms with Gasteiger partial charge in [-0.15, -0.1) is 0 Å². The van der Waals surface area contributed by atoms with Crippen LogP contribution in [0.3, 0.4) is 0 Å². The standard InChI is InChI=1S/C8H15N3O2/c1-9-5-2-3-7-10-8(4-6-12)13-11-7/h9,12H,2-6H2,1H3. The van der Waals surface area contributed by atoms with Gasteiger partial charge >= 0.3 is 0 Å². The first-order valence-electron chi connectivity index (χ1n) is 4.43. The fourth-order valence-corrected chi connectivity index (χ4v) is 1.01. The SMILES string of the molecule is CNCCCc1noc(CCO)n1. The second-order valence-electron chi connectivity index (χ2n) is 2.79. The van der Waals surface area contributed by atoms with Crippen LogP contribution in [0.4, 0.5) is 0 Å². The molecule has 5 heteroatoms. The van der Waals surface area contributed by atoms with Crippen LogP contribution in [0.1, 0.15) is 18.1 Å². The van der Waals surface area contributed by atoms with Crippen LogP contribution in [0.25, 0.3) is 0 Å². The first kappa shape index (κ1) is 10.1. The molecule has 2 N–H and O–H groups in total. The van der Waals surface area contributed by atoms with Crippen molar-refractivity contribution in [3.63, 3.8) is 0 Å². The van der Waals surface area contributed by atoms with E-state index in [1.54, 1.807) is 0 Å². The van der Waals surface area contributed by atoms with Crippen molar-refractivity contribution in [3.8, 4) is 0 Å². The fraction of sp³-hybridized carbons (Fsp3) is 0.750. The Morgan fingerprint density at radius 3 is 3.00 bits per heavy atom. The summed E-state index contributed by atoms with van der Waals surface area (Å²) >= 11 is 0. The van der Waals surface area contributed by atoms with Crippen molar-refractivity contribution in [1.29, 1.82) is 0 Å². The molecule has 1 aromatic heterocycles. The summed E-state index contributed by atoms with van der Waals surface area (Å²) in [4.78, 5) is 4.11. The predicted octanol–water partition coefficient (Wildman–Crippen LogP) is -0.244. The molecule has 5 nitrogen and oxygen atoms in total. The largest absolute Gasteiger partial charge is 0.396 e. The second-order valence-corrected chi connectivity index (χ2v) is 2.79. The molecule has 0 aliphatic rings. The Balaban J connectivity index is 2.31. The molecule has 0 saturated carbocycles. The van der Waals surface area contributed by atoms with Crippen LogP contribution in [0.2, 0.25) is 0 Å². The summed E-state index contributed by atoms with van der Waals surface area (Å²) in [7, 11) is 1.91. The third-order valence-corrected chi connectivity index (χ3v) is 1.66. The highest BCUT2D eigenvalue weighted by Gasteiger charge is 2.04. The summed E-state index contributed by atoms with van der Waals surface area (Å²) in [6.07, 6.45) is 2.25. The third-order valence-electron chi connectivity index (χ3n) is 1.66. The normalized spacial score (nSPS) is 10.6. The molecule has 0 saturated heterocycles. The van der Waals surface area contributed by atoms with Gasteiger partial charge in [-0.1, -0.05) is 5.16 Å². The number of nitrogens with zero attached hydrogens (tertiary/aromatic N) is 2. The lowest BCUT2D eigenvalue weighted by molar-refractivity contribution is 0.274. The molecular weight excluding hydrogens is 170 g/mol. The summed E-state index contributed by atoms with van der Waals surface area (Å²) in [5, 5.41) is 15.4. The number of hydrogen-bond donors (Lipinski definition) is 2. The smallest absolute Gasteiger partial charge is 0.228 e. The van der Waals surface area contributed by atoms with Crippen LogP contribution in [0, 0.1) is 0 Å². The van der Waals surface area contributed by atoms with Crippen LogP contribution in [-0.4, -0.2) is 35.4 Å². The Bertz CT molecular complexity index is 237. The number of hydrogen-bond acceptors (Lipinski definition) is 5. The summed E-state index contributed by atoms with van der Waals surface area (Å²) in [5.41, 5.74) is 0. The van der Waals surface area contributed by atoms with E-state index in [0.717, 1.165) is 25.2 Å². The molecule has 0 spiro atoms.